The smallest absolute Gasteiger partial charge is 0.178 e. The van der Waals surface area contributed by atoms with Crippen LogP contribution in [0, 0.1) is 0 Å². The molecule has 2 aliphatic rings. The lowest BCUT2D eigenvalue weighted by atomic mass is 10.2. The molecule has 202 valence electrons. The van der Waals surface area contributed by atoms with Gasteiger partial charge >= 0.3 is 0 Å². The van der Waals surface area contributed by atoms with E-state index in [4.69, 9.17) is 14.6 Å². The summed E-state index contributed by atoms with van der Waals surface area (Å²) in [6, 6.07) is 9.27. The maximum atomic E-state index is 11.8. The van der Waals surface area contributed by atoms with Crippen molar-refractivity contribution in [2.45, 2.75) is 11.3 Å². The van der Waals surface area contributed by atoms with Crippen molar-refractivity contribution >= 4 is 37.8 Å². The van der Waals surface area contributed by atoms with Gasteiger partial charge in [-0.2, -0.15) is 5.10 Å². The molecule has 0 radical (unpaired) electrons. The zero-order valence-corrected chi connectivity index (χ0v) is 22.4. The highest BCUT2D eigenvalue weighted by Crippen LogP contribution is 2.33. The van der Waals surface area contributed by atoms with E-state index in [1.807, 2.05) is 29.0 Å². The zero-order valence-electron chi connectivity index (χ0n) is 21.5. The molecule has 0 atom stereocenters. The van der Waals surface area contributed by atoms with Crippen molar-refractivity contribution in [3.63, 3.8) is 0 Å². The number of fused-ring (bicyclic) bond motifs is 3. The summed E-state index contributed by atoms with van der Waals surface area (Å²) in [5.41, 5.74) is 3.87. The van der Waals surface area contributed by atoms with Gasteiger partial charge in [0.1, 0.15) is 11.3 Å². The molecule has 5 heterocycles. The van der Waals surface area contributed by atoms with E-state index in [0.717, 1.165) is 99.1 Å². The Hall–Kier alpha value is -3.35. The second-order valence-electron chi connectivity index (χ2n) is 9.88. The molecule has 2 aliphatic heterocycles. The van der Waals surface area contributed by atoms with Crippen LogP contribution in [0.3, 0.4) is 0 Å². The van der Waals surface area contributed by atoms with Gasteiger partial charge in [0.05, 0.1) is 48.2 Å². The molecule has 0 unspecified atom stereocenters. The largest absolute Gasteiger partial charge is 0.492 e. The van der Waals surface area contributed by atoms with Crippen molar-refractivity contribution in [1.82, 2.24) is 24.7 Å². The van der Waals surface area contributed by atoms with Gasteiger partial charge in [-0.1, -0.05) is 0 Å². The van der Waals surface area contributed by atoms with Gasteiger partial charge in [0.15, 0.2) is 15.5 Å². The predicted molar refractivity (Wildman–Crippen MR) is 146 cm³/mol. The van der Waals surface area contributed by atoms with Crippen molar-refractivity contribution in [2.24, 2.45) is 0 Å². The monoisotopic (exact) mass is 539 g/mol. The predicted octanol–water partition coefficient (Wildman–Crippen LogP) is 2.04. The Kier molecular flexibility index (Phi) is 6.85. The van der Waals surface area contributed by atoms with Crippen LogP contribution in [-0.2, 0) is 14.6 Å². The summed E-state index contributed by atoms with van der Waals surface area (Å²) < 4.78 is 37.2. The number of sulfone groups is 1. The van der Waals surface area contributed by atoms with Gasteiger partial charge in [0, 0.05) is 63.8 Å². The Bertz CT molecular complexity index is 1500. The minimum Gasteiger partial charge on any atom is -0.492 e. The number of hydrogen-bond donors (Lipinski definition) is 1. The molecule has 12 heteroatoms. The fourth-order valence-electron chi connectivity index (χ4n) is 5.25. The lowest BCUT2D eigenvalue weighted by molar-refractivity contribution is 0.0358. The lowest BCUT2D eigenvalue weighted by Gasteiger charge is -2.37. The van der Waals surface area contributed by atoms with E-state index in [1.54, 1.807) is 12.1 Å². The molecule has 6 rings (SSSR count). The molecule has 38 heavy (non-hydrogen) atoms. The summed E-state index contributed by atoms with van der Waals surface area (Å²) in [6.07, 6.45) is 5.95. The molecular weight excluding hydrogens is 506 g/mol. The highest BCUT2D eigenvalue weighted by molar-refractivity contribution is 7.90. The number of aromatic amines is 1. The average molecular weight is 540 g/mol. The zero-order chi connectivity index (χ0) is 26.1. The molecule has 0 spiro atoms. The number of morpholine rings is 1. The van der Waals surface area contributed by atoms with Crippen LogP contribution < -0.4 is 14.5 Å². The van der Waals surface area contributed by atoms with Gasteiger partial charge in [0.25, 0.3) is 0 Å². The first-order valence-corrected chi connectivity index (χ1v) is 14.9. The van der Waals surface area contributed by atoms with Crippen LogP contribution in [0.25, 0.3) is 16.6 Å². The number of piperazine rings is 1. The molecule has 1 N–H and O–H groups in total. The molecular formula is C26H33N7O4S. The number of aromatic nitrogens is 4. The normalized spacial score (nSPS) is 17.5. The van der Waals surface area contributed by atoms with Gasteiger partial charge in [-0.05, 0) is 30.7 Å². The second-order valence-corrected chi connectivity index (χ2v) is 11.9. The Balaban J connectivity index is 1.17. The van der Waals surface area contributed by atoms with E-state index in [2.05, 4.69) is 31.0 Å². The molecule has 0 amide bonds. The number of benzene rings is 1. The SMILES string of the molecule is CS(=O)(=O)c1ccc(N2CCN(c3cc(OCCCN4CCOCC4)cn4nc5[nH]ncc5c34)CC2)cc1. The average Bonchev–Trinajstić information content (AvgIpc) is 3.52. The highest BCUT2D eigenvalue weighted by atomic mass is 32.2. The lowest BCUT2D eigenvalue weighted by Crippen LogP contribution is -2.46. The van der Waals surface area contributed by atoms with E-state index in [1.165, 1.54) is 6.26 Å². The first-order valence-electron chi connectivity index (χ1n) is 13.0. The van der Waals surface area contributed by atoms with Crippen LogP contribution in [0.5, 0.6) is 5.75 Å². The second kappa shape index (κ2) is 10.4. The van der Waals surface area contributed by atoms with Crippen LogP contribution in [0.15, 0.2) is 47.6 Å². The number of pyridine rings is 1. The van der Waals surface area contributed by atoms with Gasteiger partial charge in [0.2, 0.25) is 0 Å². The van der Waals surface area contributed by atoms with E-state index in [-0.39, 0.29) is 0 Å². The van der Waals surface area contributed by atoms with Crippen molar-refractivity contribution in [3.05, 3.63) is 42.7 Å². The van der Waals surface area contributed by atoms with Crippen LogP contribution in [0.1, 0.15) is 6.42 Å². The van der Waals surface area contributed by atoms with Gasteiger partial charge in [-0.25, -0.2) is 12.9 Å². The third kappa shape index (κ3) is 5.16. The molecule has 2 saturated heterocycles. The highest BCUT2D eigenvalue weighted by Gasteiger charge is 2.23. The molecule has 3 aromatic heterocycles. The minimum absolute atomic E-state index is 0.342. The Labute approximate surface area is 221 Å². The van der Waals surface area contributed by atoms with Crippen molar-refractivity contribution in [1.29, 1.82) is 0 Å². The number of nitrogens with one attached hydrogen (secondary N) is 1. The summed E-state index contributed by atoms with van der Waals surface area (Å²) in [7, 11) is -3.20. The van der Waals surface area contributed by atoms with E-state index >= 15 is 0 Å². The molecule has 0 saturated carbocycles. The first kappa shape index (κ1) is 25.0. The standard InChI is InChI=1S/C26H33N7O4S/c1-38(34,35)22-5-3-20(4-6-22)31-8-10-32(11-9-31)24-17-21(37-14-2-7-30-12-15-36-16-13-30)19-33-25(24)23-18-27-28-26(23)29-33/h3-6,17-19H,2,7-16H2,1H3,(H,28,29). The fraction of sp³-hybridized carbons (Fsp3) is 0.462. The summed E-state index contributed by atoms with van der Waals surface area (Å²) in [5, 5.41) is 12.8. The van der Waals surface area contributed by atoms with E-state index in [0.29, 0.717) is 11.5 Å². The number of anilines is 2. The van der Waals surface area contributed by atoms with Gasteiger partial charge in [-0.15, -0.1) is 5.10 Å². The summed E-state index contributed by atoms with van der Waals surface area (Å²) in [4.78, 5) is 7.41. The maximum Gasteiger partial charge on any atom is 0.178 e. The summed E-state index contributed by atoms with van der Waals surface area (Å²) in [5.74, 6) is 0.798. The number of ether oxygens (including phenoxy) is 2. The number of rotatable bonds is 8. The van der Waals surface area contributed by atoms with Crippen LogP contribution in [-0.4, -0.2) is 105 Å². The first-order chi connectivity index (χ1) is 18.5. The van der Waals surface area contributed by atoms with Crippen molar-refractivity contribution in [2.75, 3.05) is 81.7 Å². The third-order valence-electron chi connectivity index (χ3n) is 7.32. The Morgan fingerprint density at radius 2 is 1.76 bits per heavy atom. The minimum atomic E-state index is -3.20. The number of H-pyrrole nitrogens is 1. The molecule has 0 aliphatic carbocycles. The van der Waals surface area contributed by atoms with Crippen LogP contribution in [0.2, 0.25) is 0 Å². The van der Waals surface area contributed by atoms with Gasteiger partial charge < -0.3 is 19.3 Å². The van der Waals surface area contributed by atoms with Crippen LogP contribution in [0.4, 0.5) is 11.4 Å². The molecule has 2 fully saturated rings. The van der Waals surface area contributed by atoms with Crippen molar-refractivity contribution in [3.8, 4) is 5.75 Å². The van der Waals surface area contributed by atoms with Crippen LogP contribution >= 0.6 is 0 Å². The third-order valence-corrected chi connectivity index (χ3v) is 8.45. The van der Waals surface area contributed by atoms with E-state index < -0.39 is 9.84 Å². The molecule has 0 bridgehead atoms. The quantitative estimate of drug-likeness (QED) is 0.337. The Morgan fingerprint density at radius 3 is 2.50 bits per heavy atom. The summed E-state index contributed by atoms with van der Waals surface area (Å²) >= 11 is 0. The number of nitrogens with zero attached hydrogens (tertiary/aromatic N) is 6. The molecule has 4 aromatic rings. The topological polar surface area (TPSA) is 108 Å². The van der Waals surface area contributed by atoms with E-state index in [9.17, 15) is 8.42 Å². The Morgan fingerprint density at radius 1 is 1.03 bits per heavy atom. The maximum absolute atomic E-state index is 11.8. The molecule has 11 nitrogen and oxygen atoms in total. The summed E-state index contributed by atoms with van der Waals surface area (Å²) in [6.45, 7) is 8.48. The number of hydrogen-bond acceptors (Lipinski definition) is 9. The van der Waals surface area contributed by atoms with Gasteiger partial charge in [-0.3, -0.25) is 10.00 Å². The fourth-order valence-corrected chi connectivity index (χ4v) is 5.88. The van der Waals surface area contributed by atoms with Crippen molar-refractivity contribution < 1.29 is 17.9 Å². The molecule has 1 aromatic carbocycles.